The summed E-state index contributed by atoms with van der Waals surface area (Å²) in [6.07, 6.45) is 0. The van der Waals surface area contributed by atoms with Crippen LogP contribution >= 0.6 is 0 Å². The van der Waals surface area contributed by atoms with Gasteiger partial charge in [0.15, 0.2) is 0 Å². The lowest BCUT2D eigenvalue weighted by atomic mass is 10.1. The number of non-ortho nitro benzene ring substituents is 1. The van der Waals surface area contributed by atoms with Gasteiger partial charge in [0.05, 0.1) is 22.6 Å². The number of rotatable bonds is 12. The maximum absolute atomic E-state index is 13.8. The molecule has 0 unspecified atom stereocenters. The monoisotopic (exact) mass is 554 g/mol. The van der Waals surface area contributed by atoms with Crippen molar-refractivity contribution in [2.75, 3.05) is 24.5 Å². The maximum Gasteiger partial charge on any atom is 0.271 e. The molecule has 11 nitrogen and oxygen atoms in total. The first-order valence-corrected chi connectivity index (χ1v) is 13.5. The van der Waals surface area contributed by atoms with Gasteiger partial charge in [-0.25, -0.2) is 8.42 Å². The number of carbonyl (C=O) groups is 2. The summed E-state index contributed by atoms with van der Waals surface area (Å²) in [6, 6.07) is 18.5. The van der Waals surface area contributed by atoms with Crippen molar-refractivity contribution in [3.63, 3.8) is 0 Å². The van der Waals surface area contributed by atoms with E-state index in [9.17, 15) is 28.1 Å². The van der Waals surface area contributed by atoms with Gasteiger partial charge in [-0.2, -0.15) is 0 Å². The highest BCUT2D eigenvalue weighted by molar-refractivity contribution is 7.92. The first-order valence-electron chi connectivity index (χ1n) is 12.1. The molecule has 0 spiro atoms. The number of likely N-dealkylation sites (N-methyl/N-ethyl adjacent to an activating group) is 1. The van der Waals surface area contributed by atoms with Crippen LogP contribution < -0.4 is 14.4 Å². The molecule has 0 aliphatic heterocycles. The number of nitro groups is 1. The molecule has 0 bridgehead atoms. The highest BCUT2D eigenvalue weighted by Gasteiger charge is 2.33. The summed E-state index contributed by atoms with van der Waals surface area (Å²) < 4.78 is 33.5. The second kappa shape index (κ2) is 12.9. The molecule has 0 heterocycles. The molecule has 0 aromatic heterocycles. The number of hydrogen-bond donors (Lipinski definition) is 1. The molecule has 0 saturated heterocycles. The van der Waals surface area contributed by atoms with Crippen LogP contribution in [-0.4, -0.2) is 56.3 Å². The molecule has 3 aromatic rings. The highest BCUT2D eigenvalue weighted by Crippen LogP contribution is 2.27. The fourth-order valence-corrected chi connectivity index (χ4v) is 5.31. The zero-order valence-electron chi connectivity index (χ0n) is 21.8. The Balaban J connectivity index is 2.06. The quantitative estimate of drug-likeness (QED) is 0.268. The van der Waals surface area contributed by atoms with Gasteiger partial charge in [0.25, 0.3) is 15.7 Å². The number of methoxy groups -OCH3 is 1. The fourth-order valence-electron chi connectivity index (χ4n) is 3.88. The predicted molar refractivity (Wildman–Crippen MR) is 146 cm³/mol. The minimum atomic E-state index is -4.32. The molecule has 0 saturated carbocycles. The zero-order chi connectivity index (χ0) is 28.6. The van der Waals surface area contributed by atoms with Crippen LogP contribution in [0.25, 0.3) is 0 Å². The van der Waals surface area contributed by atoms with Crippen molar-refractivity contribution in [2.45, 2.75) is 31.3 Å². The van der Waals surface area contributed by atoms with Crippen molar-refractivity contribution in [3.05, 3.63) is 94.5 Å². The Bertz CT molecular complexity index is 1430. The molecule has 12 heteroatoms. The Labute approximate surface area is 227 Å². The van der Waals surface area contributed by atoms with Crippen LogP contribution in [0.3, 0.4) is 0 Å². The summed E-state index contributed by atoms with van der Waals surface area (Å²) in [5.41, 5.74) is 0.261. The number of sulfonamides is 1. The van der Waals surface area contributed by atoms with E-state index in [1.54, 1.807) is 44.2 Å². The normalized spacial score (nSPS) is 11.8. The summed E-state index contributed by atoms with van der Waals surface area (Å²) in [5.74, 6) is -0.542. The number of nitrogens with zero attached hydrogens (tertiary/aromatic N) is 3. The van der Waals surface area contributed by atoms with Crippen LogP contribution in [0.2, 0.25) is 0 Å². The van der Waals surface area contributed by atoms with E-state index >= 15 is 0 Å². The van der Waals surface area contributed by atoms with E-state index in [0.29, 0.717) is 17.9 Å². The van der Waals surface area contributed by atoms with Crippen molar-refractivity contribution in [2.24, 2.45) is 0 Å². The van der Waals surface area contributed by atoms with E-state index < -0.39 is 39.3 Å². The Morgan fingerprint density at radius 3 is 2.36 bits per heavy atom. The third kappa shape index (κ3) is 7.11. The molecule has 2 amide bonds. The van der Waals surface area contributed by atoms with Crippen LogP contribution in [0.4, 0.5) is 11.4 Å². The maximum atomic E-state index is 13.8. The van der Waals surface area contributed by atoms with E-state index in [0.717, 1.165) is 10.4 Å². The van der Waals surface area contributed by atoms with Gasteiger partial charge in [0, 0.05) is 25.2 Å². The number of amides is 2. The third-order valence-corrected chi connectivity index (χ3v) is 7.73. The Morgan fingerprint density at radius 2 is 1.72 bits per heavy atom. The number of hydrogen-bond acceptors (Lipinski definition) is 7. The number of nitro benzene ring substituents is 1. The van der Waals surface area contributed by atoms with Gasteiger partial charge >= 0.3 is 0 Å². The lowest BCUT2D eigenvalue weighted by Crippen LogP contribution is -2.51. The van der Waals surface area contributed by atoms with Gasteiger partial charge in [-0.15, -0.1) is 0 Å². The summed E-state index contributed by atoms with van der Waals surface area (Å²) >= 11 is 0. The number of ether oxygens (including phenoxy) is 1. The van der Waals surface area contributed by atoms with Crippen LogP contribution in [0.15, 0.2) is 83.8 Å². The molecule has 39 heavy (non-hydrogen) atoms. The van der Waals surface area contributed by atoms with Gasteiger partial charge < -0.3 is 15.0 Å². The number of carbonyl (C=O) groups excluding carboxylic acids is 2. The fraction of sp³-hybridized carbons (Fsp3) is 0.259. The molecule has 3 rings (SSSR count). The molecular formula is C27H30N4O7S. The summed E-state index contributed by atoms with van der Waals surface area (Å²) in [4.78, 5) is 38.5. The molecule has 0 radical (unpaired) electrons. The summed E-state index contributed by atoms with van der Waals surface area (Å²) in [5, 5.41) is 14.1. The van der Waals surface area contributed by atoms with Crippen molar-refractivity contribution < 1.29 is 27.7 Å². The summed E-state index contributed by atoms with van der Waals surface area (Å²) in [6.45, 7) is 2.92. The van der Waals surface area contributed by atoms with Gasteiger partial charge in [0.1, 0.15) is 18.3 Å². The average Bonchev–Trinajstić information content (AvgIpc) is 2.94. The van der Waals surface area contributed by atoms with Gasteiger partial charge in [-0.1, -0.05) is 36.4 Å². The van der Waals surface area contributed by atoms with Gasteiger partial charge in [0.2, 0.25) is 11.8 Å². The number of anilines is 1. The first-order chi connectivity index (χ1) is 18.6. The Kier molecular flexibility index (Phi) is 9.61. The van der Waals surface area contributed by atoms with E-state index in [2.05, 4.69) is 5.32 Å². The molecule has 206 valence electrons. The third-order valence-electron chi connectivity index (χ3n) is 5.94. The SMILES string of the molecule is CCNC(=O)[C@H](C)N(Cc1cccc(OC)c1)C(=O)CN(c1cccc([N+](=O)[O-])c1)S(=O)(=O)c1ccccc1. The van der Waals surface area contributed by atoms with Gasteiger partial charge in [-0.05, 0) is 49.7 Å². The molecule has 1 atom stereocenters. The minimum absolute atomic E-state index is 0.0114. The largest absolute Gasteiger partial charge is 0.497 e. The van der Waals surface area contributed by atoms with Crippen LogP contribution in [0.5, 0.6) is 5.75 Å². The second-order valence-electron chi connectivity index (χ2n) is 8.55. The average molecular weight is 555 g/mol. The highest BCUT2D eigenvalue weighted by atomic mass is 32.2. The van der Waals surface area contributed by atoms with Crippen LogP contribution in [0.1, 0.15) is 19.4 Å². The molecular weight excluding hydrogens is 524 g/mol. The predicted octanol–water partition coefficient (Wildman–Crippen LogP) is 3.35. The second-order valence-corrected chi connectivity index (χ2v) is 10.4. The minimum Gasteiger partial charge on any atom is -0.497 e. The van der Waals surface area contributed by atoms with Crippen LogP contribution in [0, 0.1) is 10.1 Å². The van der Waals surface area contributed by atoms with E-state index in [4.69, 9.17) is 4.74 Å². The zero-order valence-corrected chi connectivity index (χ0v) is 22.6. The number of nitrogens with one attached hydrogen (secondary N) is 1. The van der Waals surface area contributed by atoms with Crippen LogP contribution in [-0.2, 0) is 26.2 Å². The smallest absolute Gasteiger partial charge is 0.271 e. The van der Waals surface area contributed by atoms with Crippen molar-refractivity contribution in [1.82, 2.24) is 10.2 Å². The van der Waals surface area contributed by atoms with Crippen molar-refractivity contribution >= 4 is 33.2 Å². The van der Waals surface area contributed by atoms with Gasteiger partial charge in [-0.3, -0.25) is 24.0 Å². The lowest BCUT2D eigenvalue weighted by molar-refractivity contribution is -0.384. The molecule has 1 N–H and O–H groups in total. The molecule has 0 aliphatic rings. The lowest BCUT2D eigenvalue weighted by Gasteiger charge is -2.32. The van der Waals surface area contributed by atoms with E-state index in [-0.39, 0.29) is 22.8 Å². The molecule has 3 aromatic carbocycles. The first kappa shape index (κ1) is 29.1. The van der Waals surface area contributed by atoms with E-state index in [1.165, 1.54) is 54.5 Å². The Morgan fingerprint density at radius 1 is 1.03 bits per heavy atom. The molecule has 0 fully saturated rings. The van der Waals surface area contributed by atoms with Crippen molar-refractivity contribution in [1.29, 1.82) is 0 Å². The number of benzene rings is 3. The van der Waals surface area contributed by atoms with Crippen molar-refractivity contribution in [3.8, 4) is 5.75 Å². The summed E-state index contributed by atoms with van der Waals surface area (Å²) in [7, 11) is -2.82. The molecule has 0 aliphatic carbocycles. The Hall–Kier alpha value is -4.45. The van der Waals surface area contributed by atoms with E-state index in [1.807, 2.05) is 0 Å². The topological polar surface area (TPSA) is 139 Å². The standard InChI is InChI=1S/C27H30N4O7S/c1-4-28-27(33)20(2)29(18-21-10-8-13-24(16-21)38-3)26(32)19-30(22-11-9-12-23(17-22)31(34)35)39(36,37)25-14-6-5-7-15-25/h5-17,20H,4,18-19H2,1-3H3,(H,28,33)/t20-/m0/s1.